The number of carboxylic acid groups (broad SMARTS) is 2. The summed E-state index contributed by atoms with van der Waals surface area (Å²) in [7, 11) is 0. The topological polar surface area (TPSA) is 254 Å². The molecule has 0 radical (unpaired) electrons. The number of aromatic hydroxyl groups is 5. The molecular formula is C60H37O15-. The quantitative estimate of drug-likeness (QED) is 0.0708. The summed E-state index contributed by atoms with van der Waals surface area (Å²) in [5.74, 6) is -1.07. The first-order valence-electron chi connectivity index (χ1n) is 23.0. The number of hydrogen-bond acceptors (Lipinski definition) is 14. The Hall–Kier alpha value is -10.5. The van der Waals surface area contributed by atoms with Crippen LogP contribution in [-0.4, -0.2) is 48.5 Å². The highest BCUT2D eigenvalue weighted by molar-refractivity contribution is 6.07. The van der Waals surface area contributed by atoms with Gasteiger partial charge in [0.1, 0.15) is 63.1 Å². The van der Waals surface area contributed by atoms with Gasteiger partial charge in [0.25, 0.3) is 0 Å². The Morgan fingerprint density at radius 2 is 1.00 bits per heavy atom. The summed E-state index contributed by atoms with van der Waals surface area (Å²) >= 11 is 0. The largest absolute Gasteiger partial charge is 0.545 e. The Morgan fingerprint density at radius 1 is 0.480 bits per heavy atom. The molecule has 0 bridgehead atoms. The van der Waals surface area contributed by atoms with Crippen molar-refractivity contribution in [3.8, 4) is 74.2 Å². The lowest BCUT2D eigenvalue weighted by Crippen LogP contribution is -2.32. The summed E-state index contributed by atoms with van der Waals surface area (Å²) in [4.78, 5) is 47.5. The van der Waals surface area contributed by atoms with E-state index in [0.717, 1.165) is 11.1 Å². The second-order valence-electron chi connectivity index (χ2n) is 17.6. The molecule has 0 unspecified atom stereocenters. The normalized spacial score (nSPS) is 13.2. The van der Waals surface area contributed by atoms with Crippen LogP contribution in [0.15, 0.2) is 191 Å². The number of carboxylic acids is 2. The third-order valence-corrected chi connectivity index (χ3v) is 13.1. The van der Waals surface area contributed by atoms with Crippen molar-refractivity contribution in [1.82, 2.24) is 0 Å². The molecule has 0 amide bonds. The number of rotatable bonds is 4. The van der Waals surface area contributed by atoms with E-state index in [-0.39, 0.29) is 45.3 Å². The molecule has 0 aromatic heterocycles. The SMILES string of the molecule is O=C(O)c1ccccc1-c1c2ccc(=O)cc-2oc2cc(O)ccc12.O=C([O-])c1ccccc1C1c2ccc(O)cc2Oc2cc(O)ccc21.O=C1OC2(c3ccc(O)cc3Oc3cc(O)ccc32)c2ccccc21. The van der Waals surface area contributed by atoms with E-state index < -0.39 is 29.4 Å². The van der Waals surface area contributed by atoms with Crippen LogP contribution in [0.25, 0.3) is 33.4 Å². The van der Waals surface area contributed by atoms with Crippen molar-refractivity contribution in [3.05, 3.63) is 242 Å². The number of hydrogen-bond donors (Lipinski definition) is 6. The number of aromatic carboxylic acids is 2. The zero-order valence-corrected chi connectivity index (χ0v) is 38.8. The number of phenolic OH excluding ortho intramolecular Hbond substituents is 5. The summed E-state index contributed by atoms with van der Waals surface area (Å²) in [6.45, 7) is 0. The molecule has 6 N–H and O–H groups in total. The smallest absolute Gasteiger partial charge is 0.340 e. The maximum atomic E-state index is 12.5. The summed E-state index contributed by atoms with van der Waals surface area (Å²) in [6.07, 6.45) is 0. The zero-order chi connectivity index (χ0) is 52.3. The number of ether oxygens (including phenoxy) is 3. The van der Waals surface area contributed by atoms with E-state index in [9.17, 15) is 54.9 Å². The van der Waals surface area contributed by atoms with Crippen molar-refractivity contribution >= 4 is 28.9 Å². The Morgan fingerprint density at radius 3 is 1.63 bits per heavy atom. The Labute approximate surface area is 424 Å². The molecule has 0 atom stereocenters. The molecule has 4 heterocycles. The molecule has 15 nitrogen and oxygen atoms in total. The van der Waals surface area contributed by atoms with Crippen LogP contribution in [0.2, 0.25) is 0 Å². The fraction of sp³-hybridized carbons (Fsp3) is 0.0333. The van der Waals surface area contributed by atoms with Gasteiger partial charge in [0, 0.05) is 92.2 Å². The third-order valence-electron chi connectivity index (χ3n) is 13.1. The van der Waals surface area contributed by atoms with E-state index >= 15 is 0 Å². The highest BCUT2D eigenvalue weighted by atomic mass is 16.6. The Kier molecular flexibility index (Phi) is 11.4. The molecule has 0 saturated carbocycles. The average molecular weight is 998 g/mol. The molecule has 368 valence electrons. The van der Waals surface area contributed by atoms with Gasteiger partial charge in [-0.25, -0.2) is 9.59 Å². The van der Waals surface area contributed by atoms with Gasteiger partial charge in [-0.15, -0.1) is 0 Å². The van der Waals surface area contributed by atoms with Crippen LogP contribution >= 0.6 is 0 Å². The minimum absolute atomic E-state index is 0.0198. The number of carbonyl (C=O) groups is 3. The van der Waals surface area contributed by atoms with Crippen molar-refractivity contribution in [2.45, 2.75) is 11.5 Å². The zero-order valence-electron chi connectivity index (χ0n) is 38.8. The number of carbonyl (C=O) groups excluding carboxylic acids is 2. The van der Waals surface area contributed by atoms with Crippen LogP contribution in [0.4, 0.5) is 0 Å². The second kappa shape index (κ2) is 18.3. The molecule has 5 aliphatic rings. The maximum Gasteiger partial charge on any atom is 0.340 e. The van der Waals surface area contributed by atoms with Crippen molar-refractivity contribution in [2.75, 3.05) is 0 Å². The highest BCUT2D eigenvalue weighted by Gasteiger charge is 2.53. The van der Waals surface area contributed by atoms with E-state index in [0.29, 0.717) is 84.2 Å². The van der Waals surface area contributed by atoms with Crippen molar-refractivity contribution < 1.29 is 68.8 Å². The fourth-order valence-electron chi connectivity index (χ4n) is 9.95. The number of phenols is 5. The molecule has 0 fully saturated rings. The molecule has 8 aromatic carbocycles. The summed E-state index contributed by atoms with van der Waals surface area (Å²) in [5.41, 5.74) is 5.49. The first-order chi connectivity index (χ1) is 36.2. The van der Waals surface area contributed by atoms with Gasteiger partial charge in [0.05, 0.1) is 17.1 Å². The van der Waals surface area contributed by atoms with Gasteiger partial charge in [-0.05, 0) is 83.9 Å². The number of esters is 1. The first-order valence-corrected chi connectivity index (χ1v) is 23.0. The first kappa shape index (κ1) is 46.8. The summed E-state index contributed by atoms with van der Waals surface area (Å²) < 4.78 is 23.3. The lowest BCUT2D eigenvalue weighted by atomic mass is 9.77. The van der Waals surface area contributed by atoms with Crippen LogP contribution in [0.3, 0.4) is 0 Å². The van der Waals surface area contributed by atoms with Gasteiger partial charge in [0.15, 0.2) is 11.0 Å². The van der Waals surface area contributed by atoms with Crippen molar-refractivity contribution in [3.63, 3.8) is 0 Å². The standard InChI is InChI=1S/C20H12O5.C20H14O5.C20H12O5/c21-11-5-7-15-17(9-11)24-18-10-12(22)6-8-16(18)20(15)14-4-2-1-3-13(14)19(23)25-20;2*21-11-5-7-15-17(9-11)25-18-10-12(22)6-8-16(18)19(15)13-3-1-2-4-14(13)20(23)24/h1-10,21-22H;1-10,19,21-22H,(H,23,24);1-10,21H,(H,23,24)/p-1. The van der Waals surface area contributed by atoms with Crippen LogP contribution in [-0.2, 0) is 10.3 Å². The minimum atomic E-state index is -1.26. The predicted molar refractivity (Wildman–Crippen MR) is 269 cm³/mol. The van der Waals surface area contributed by atoms with Crippen LogP contribution in [0.1, 0.15) is 70.4 Å². The van der Waals surface area contributed by atoms with E-state index in [1.54, 1.807) is 84.9 Å². The van der Waals surface area contributed by atoms with Gasteiger partial charge >= 0.3 is 11.9 Å². The van der Waals surface area contributed by atoms with Crippen molar-refractivity contribution in [1.29, 1.82) is 0 Å². The predicted octanol–water partition coefficient (Wildman–Crippen LogP) is 10.4. The van der Waals surface area contributed by atoms with Gasteiger partial charge in [-0.2, -0.15) is 0 Å². The Balaban J connectivity index is 0.000000120. The number of benzene rings is 9. The second-order valence-corrected chi connectivity index (χ2v) is 17.6. The maximum absolute atomic E-state index is 12.5. The number of fused-ring (bicyclic) bond motifs is 10. The van der Waals surface area contributed by atoms with Gasteiger partial charge < -0.3 is 59.2 Å². The molecular weight excluding hydrogens is 961 g/mol. The Bertz CT molecular complexity index is 3920. The molecule has 75 heavy (non-hydrogen) atoms. The van der Waals surface area contributed by atoms with E-state index in [1.807, 2.05) is 12.1 Å². The molecule has 0 saturated heterocycles. The lowest BCUT2D eigenvalue weighted by Gasteiger charge is -2.36. The summed E-state index contributed by atoms with van der Waals surface area (Å²) in [6, 6.07) is 48.3. The van der Waals surface area contributed by atoms with E-state index in [1.165, 1.54) is 84.9 Å². The van der Waals surface area contributed by atoms with Crippen molar-refractivity contribution in [2.24, 2.45) is 0 Å². The monoisotopic (exact) mass is 997 g/mol. The fourth-order valence-corrected chi connectivity index (χ4v) is 9.95. The molecule has 1 aliphatic carbocycles. The van der Waals surface area contributed by atoms with Crippen LogP contribution in [0.5, 0.6) is 51.7 Å². The molecule has 15 heteroatoms. The van der Waals surface area contributed by atoms with E-state index in [2.05, 4.69) is 0 Å². The highest BCUT2D eigenvalue weighted by Crippen LogP contribution is 2.57. The van der Waals surface area contributed by atoms with Gasteiger partial charge in [-0.3, -0.25) is 4.79 Å². The molecule has 13 rings (SSSR count). The van der Waals surface area contributed by atoms with Crippen LogP contribution < -0.4 is 20.0 Å². The van der Waals surface area contributed by atoms with E-state index in [4.69, 9.17) is 18.6 Å². The molecule has 1 spiro atoms. The molecule has 8 aromatic rings. The lowest BCUT2D eigenvalue weighted by molar-refractivity contribution is -0.255. The molecule has 4 aliphatic heterocycles. The van der Waals surface area contributed by atoms with Crippen LogP contribution in [0, 0.1) is 0 Å². The van der Waals surface area contributed by atoms with Gasteiger partial charge in [-0.1, -0.05) is 72.8 Å². The summed E-state index contributed by atoms with van der Waals surface area (Å²) in [5, 5.41) is 70.7. The van der Waals surface area contributed by atoms with Gasteiger partial charge in [0.2, 0.25) is 0 Å². The third kappa shape index (κ3) is 8.15. The minimum Gasteiger partial charge on any atom is -0.545 e. The average Bonchev–Trinajstić information content (AvgIpc) is 3.69.